The van der Waals surface area contributed by atoms with Gasteiger partial charge in [-0.25, -0.2) is 4.98 Å². The van der Waals surface area contributed by atoms with Gasteiger partial charge >= 0.3 is 0 Å². The number of thiazole rings is 1. The van der Waals surface area contributed by atoms with E-state index in [2.05, 4.69) is 29.5 Å². The van der Waals surface area contributed by atoms with E-state index in [0.717, 1.165) is 23.9 Å². The molecule has 0 aliphatic rings. The maximum Gasteiger partial charge on any atom is 0.0898 e. The van der Waals surface area contributed by atoms with Gasteiger partial charge in [0.25, 0.3) is 0 Å². The van der Waals surface area contributed by atoms with E-state index in [1.54, 1.807) is 18.4 Å². The summed E-state index contributed by atoms with van der Waals surface area (Å²) >= 11 is 1.70. The van der Waals surface area contributed by atoms with E-state index >= 15 is 0 Å². The third-order valence-corrected chi connectivity index (χ3v) is 3.10. The molecule has 4 heteroatoms. The standard InChI is InChI=1S/C11H20N2OS/c1-8(6-14-4)5-12-9(2)11-7-15-10(3)13-11/h7-9,12H,5-6H2,1-4H3. The Morgan fingerprint density at radius 3 is 2.80 bits per heavy atom. The molecule has 0 radical (unpaired) electrons. The molecule has 1 aromatic heterocycles. The molecular formula is C11H20N2OS. The van der Waals surface area contributed by atoms with Gasteiger partial charge in [-0.3, -0.25) is 0 Å². The highest BCUT2D eigenvalue weighted by Crippen LogP contribution is 2.15. The number of rotatable bonds is 6. The lowest BCUT2D eigenvalue weighted by Gasteiger charge is -2.15. The van der Waals surface area contributed by atoms with Crippen molar-refractivity contribution in [3.8, 4) is 0 Å². The van der Waals surface area contributed by atoms with Crippen LogP contribution in [0.4, 0.5) is 0 Å². The second-order valence-corrected chi connectivity index (χ2v) is 5.04. The summed E-state index contributed by atoms with van der Waals surface area (Å²) in [5.74, 6) is 0.539. The SMILES string of the molecule is COCC(C)CNC(C)c1csc(C)n1. The van der Waals surface area contributed by atoms with Crippen molar-refractivity contribution in [1.29, 1.82) is 0 Å². The predicted octanol–water partition coefficient (Wildman–Crippen LogP) is 2.38. The first kappa shape index (κ1) is 12.6. The first-order valence-electron chi connectivity index (χ1n) is 5.27. The Balaban J connectivity index is 2.33. The van der Waals surface area contributed by atoms with E-state index in [4.69, 9.17) is 4.74 Å². The fraction of sp³-hybridized carbons (Fsp3) is 0.727. The zero-order chi connectivity index (χ0) is 11.3. The maximum absolute atomic E-state index is 5.09. The highest BCUT2D eigenvalue weighted by Gasteiger charge is 2.09. The number of nitrogens with one attached hydrogen (secondary N) is 1. The monoisotopic (exact) mass is 228 g/mol. The number of methoxy groups -OCH3 is 1. The van der Waals surface area contributed by atoms with Crippen LogP contribution >= 0.6 is 11.3 Å². The summed E-state index contributed by atoms with van der Waals surface area (Å²) in [5, 5.41) is 6.71. The van der Waals surface area contributed by atoms with Crippen LogP contribution in [0.1, 0.15) is 30.6 Å². The molecule has 1 rings (SSSR count). The van der Waals surface area contributed by atoms with Crippen molar-refractivity contribution in [2.75, 3.05) is 20.3 Å². The van der Waals surface area contributed by atoms with Gasteiger partial charge in [0.05, 0.1) is 10.7 Å². The van der Waals surface area contributed by atoms with E-state index in [9.17, 15) is 0 Å². The highest BCUT2D eigenvalue weighted by atomic mass is 32.1. The lowest BCUT2D eigenvalue weighted by atomic mass is 10.2. The van der Waals surface area contributed by atoms with Gasteiger partial charge in [-0.2, -0.15) is 0 Å². The zero-order valence-corrected chi connectivity index (χ0v) is 10.7. The van der Waals surface area contributed by atoms with Crippen molar-refractivity contribution in [3.05, 3.63) is 16.1 Å². The summed E-state index contributed by atoms with van der Waals surface area (Å²) in [7, 11) is 1.74. The van der Waals surface area contributed by atoms with Crippen molar-refractivity contribution in [2.24, 2.45) is 5.92 Å². The van der Waals surface area contributed by atoms with Crippen LogP contribution in [0.15, 0.2) is 5.38 Å². The third kappa shape index (κ3) is 4.28. The molecule has 0 aliphatic carbocycles. The highest BCUT2D eigenvalue weighted by molar-refractivity contribution is 7.09. The second kappa shape index (κ2) is 6.20. The quantitative estimate of drug-likeness (QED) is 0.811. The van der Waals surface area contributed by atoms with Crippen molar-refractivity contribution >= 4 is 11.3 Å². The van der Waals surface area contributed by atoms with Crippen LogP contribution < -0.4 is 5.32 Å². The van der Waals surface area contributed by atoms with Gasteiger partial charge in [0.15, 0.2) is 0 Å². The molecule has 1 aromatic rings. The lowest BCUT2D eigenvalue weighted by Crippen LogP contribution is -2.26. The molecule has 86 valence electrons. The van der Waals surface area contributed by atoms with Crippen molar-refractivity contribution < 1.29 is 4.74 Å². The van der Waals surface area contributed by atoms with Gasteiger partial charge < -0.3 is 10.1 Å². The molecule has 3 nitrogen and oxygen atoms in total. The van der Waals surface area contributed by atoms with Gasteiger partial charge in [-0.05, 0) is 19.8 Å². The van der Waals surface area contributed by atoms with Crippen molar-refractivity contribution in [1.82, 2.24) is 10.3 Å². The Morgan fingerprint density at radius 2 is 2.27 bits per heavy atom. The summed E-state index contributed by atoms with van der Waals surface area (Å²) in [6.45, 7) is 8.12. The van der Waals surface area contributed by atoms with E-state index in [0.29, 0.717) is 12.0 Å². The Labute approximate surface area is 95.9 Å². The van der Waals surface area contributed by atoms with E-state index in [-0.39, 0.29) is 0 Å². The molecule has 0 bridgehead atoms. The fourth-order valence-corrected chi connectivity index (χ4v) is 2.11. The topological polar surface area (TPSA) is 34.1 Å². The van der Waals surface area contributed by atoms with Crippen LogP contribution in [-0.4, -0.2) is 25.2 Å². The first-order chi connectivity index (χ1) is 7.13. The van der Waals surface area contributed by atoms with Gasteiger partial charge in [0.2, 0.25) is 0 Å². The van der Waals surface area contributed by atoms with E-state index in [1.807, 2.05) is 6.92 Å². The molecule has 0 saturated heterocycles. The molecule has 1 N–H and O–H groups in total. The molecule has 0 aromatic carbocycles. The lowest BCUT2D eigenvalue weighted by molar-refractivity contribution is 0.157. The number of ether oxygens (including phenoxy) is 1. The minimum Gasteiger partial charge on any atom is -0.384 e. The molecule has 0 spiro atoms. The van der Waals surface area contributed by atoms with Crippen LogP contribution in [-0.2, 0) is 4.74 Å². The maximum atomic E-state index is 5.09. The molecule has 0 aliphatic heterocycles. The Morgan fingerprint density at radius 1 is 1.53 bits per heavy atom. The predicted molar refractivity (Wildman–Crippen MR) is 64.3 cm³/mol. The molecule has 0 fully saturated rings. The summed E-state index contributed by atoms with van der Waals surface area (Å²) in [5.41, 5.74) is 1.14. The Bertz CT molecular complexity index is 288. The number of hydrogen-bond donors (Lipinski definition) is 1. The zero-order valence-electron chi connectivity index (χ0n) is 9.91. The summed E-state index contributed by atoms with van der Waals surface area (Å²) in [4.78, 5) is 4.46. The molecule has 0 amide bonds. The van der Waals surface area contributed by atoms with Gasteiger partial charge in [0.1, 0.15) is 0 Å². The van der Waals surface area contributed by atoms with Crippen molar-refractivity contribution in [2.45, 2.75) is 26.8 Å². The normalized spacial score (nSPS) is 15.2. The van der Waals surface area contributed by atoms with Crippen LogP contribution in [0.5, 0.6) is 0 Å². The van der Waals surface area contributed by atoms with E-state index < -0.39 is 0 Å². The van der Waals surface area contributed by atoms with Gasteiger partial charge in [0, 0.05) is 31.7 Å². The Hall–Kier alpha value is -0.450. The molecule has 0 saturated carbocycles. The van der Waals surface area contributed by atoms with Crippen LogP contribution in [0.2, 0.25) is 0 Å². The van der Waals surface area contributed by atoms with Crippen molar-refractivity contribution in [3.63, 3.8) is 0 Å². The number of nitrogens with zero attached hydrogens (tertiary/aromatic N) is 1. The minimum absolute atomic E-state index is 0.328. The summed E-state index contributed by atoms with van der Waals surface area (Å²) in [6.07, 6.45) is 0. The summed E-state index contributed by atoms with van der Waals surface area (Å²) in [6, 6.07) is 0.328. The fourth-order valence-electron chi connectivity index (χ4n) is 1.41. The number of hydrogen-bond acceptors (Lipinski definition) is 4. The van der Waals surface area contributed by atoms with Crippen LogP contribution in [0.25, 0.3) is 0 Å². The Kier molecular flexibility index (Phi) is 5.22. The van der Waals surface area contributed by atoms with Crippen LogP contribution in [0.3, 0.4) is 0 Å². The summed E-state index contributed by atoms with van der Waals surface area (Å²) < 4.78 is 5.09. The number of aromatic nitrogens is 1. The molecule has 15 heavy (non-hydrogen) atoms. The minimum atomic E-state index is 0.328. The van der Waals surface area contributed by atoms with E-state index in [1.165, 1.54) is 0 Å². The largest absolute Gasteiger partial charge is 0.384 e. The average Bonchev–Trinajstić information content (AvgIpc) is 2.62. The van der Waals surface area contributed by atoms with Gasteiger partial charge in [-0.15, -0.1) is 11.3 Å². The molecule has 2 unspecified atom stereocenters. The first-order valence-corrected chi connectivity index (χ1v) is 6.15. The molecule has 2 atom stereocenters. The second-order valence-electron chi connectivity index (χ2n) is 3.98. The van der Waals surface area contributed by atoms with Gasteiger partial charge in [-0.1, -0.05) is 6.92 Å². The van der Waals surface area contributed by atoms with Crippen LogP contribution in [0, 0.1) is 12.8 Å². The smallest absolute Gasteiger partial charge is 0.0898 e. The number of aryl methyl sites for hydroxylation is 1. The third-order valence-electron chi connectivity index (χ3n) is 2.30. The molecule has 1 heterocycles. The average molecular weight is 228 g/mol. The molecular weight excluding hydrogens is 208 g/mol.